The van der Waals surface area contributed by atoms with Gasteiger partial charge in [0.2, 0.25) is 5.91 Å². The first kappa shape index (κ1) is 45.3. The molecule has 14 heteroatoms. The normalized spacial score (nSPS) is 14.9. The Morgan fingerprint density at radius 2 is 1.66 bits per heavy atom. The van der Waals surface area contributed by atoms with Gasteiger partial charge < -0.3 is 38.7 Å². The van der Waals surface area contributed by atoms with E-state index < -0.39 is 6.04 Å². The van der Waals surface area contributed by atoms with Gasteiger partial charge in [-0.15, -0.1) is 0 Å². The number of fused-ring (bicyclic) bond motifs is 2. The summed E-state index contributed by atoms with van der Waals surface area (Å²) >= 11 is 12.5. The predicted molar refractivity (Wildman–Crippen MR) is 237 cm³/mol. The molecule has 0 bridgehead atoms. The van der Waals surface area contributed by atoms with Crippen molar-refractivity contribution in [2.45, 2.75) is 65.8 Å². The number of carbonyl (C=O) groups excluding carboxylic acids is 3. The Kier molecular flexibility index (Phi) is 15.0. The van der Waals surface area contributed by atoms with Crippen LogP contribution >= 0.6 is 23.2 Å². The van der Waals surface area contributed by atoms with Crippen molar-refractivity contribution >= 4 is 41.8 Å². The summed E-state index contributed by atoms with van der Waals surface area (Å²) in [7, 11) is 1.00. The van der Waals surface area contributed by atoms with E-state index >= 15 is 0 Å². The molecule has 2 atom stereocenters. The average Bonchev–Trinajstić information content (AvgIpc) is 3.64. The molecule has 2 N–H and O–H groups in total. The Labute approximate surface area is 370 Å². The van der Waals surface area contributed by atoms with Gasteiger partial charge in [-0.3, -0.25) is 14.6 Å². The second-order valence-electron chi connectivity index (χ2n) is 14.7. The minimum absolute atomic E-state index is 0.178. The van der Waals surface area contributed by atoms with Crippen LogP contribution in [0.2, 0.25) is 10.0 Å². The lowest BCUT2D eigenvalue weighted by molar-refractivity contribution is -0.126. The van der Waals surface area contributed by atoms with Crippen molar-refractivity contribution in [3.63, 3.8) is 0 Å². The molecule has 322 valence electrons. The first-order chi connectivity index (χ1) is 30.0. The van der Waals surface area contributed by atoms with Crippen molar-refractivity contribution in [1.82, 2.24) is 20.2 Å². The molecule has 0 radical (unpaired) electrons. The lowest BCUT2D eigenvalue weighted by Crippen LogP contribution is -2.53. The zero-order valence-corrected chi connectivity index (χ0v) is 36.7. The molecule has 0 saturated carbocycles. The van der Waals surface area contributed by atoms with Gasteiger partial charge in [0.25, 0.3) is 5.91 Å². The quantitative estimate of drug-likeness (QED) is 0.137. The number of hydrogen-bond donors (Lipinski definition) is 2. The van der Waals surface area contributed by atoms with Gasteiger partial charge in [-0.2, -0.15) is 0 Å². The van der Waals surface area contributed by atoms with E-state index in [-0.39, 0.29) is 36.8 Å². The topological polar surface area (TPSA) is 153 Å². The fourth-order valence-corrected chi connectivity index (χ4v) is 7.85. The second-order valence-corrected chi connectivity index (χ2v) is 15.4. The van der Waals surface area contributed by atoms with Crippen LogP contribution < -0.4 is 19.5 Å². The Morgan fingerprint density at radius 1 is 0.935 bits per heavy atom. The van der Waals surface area contributed by atoms with E-state index in [0.29, 0.717) is 64.9 Å². The highest BCUT2D eigenvalue weighted by atomic mass is 35.5. The van der Waals surface area contributed by atoms with Crippen molar-refractivity contribution in [2.24, 2.45) is 0 Å². The largest absolute Gasteiger partial charge is 0.489 e. The summed E-state index contributed by atoms with van der Waals surface area (Å²) < 4.78 is 24.3. The van der Waals surface area contributed by atoms with Crippen LogP contribution in [0.25, 0.3) is 11.1 Å². The summed E-state index contributed by atoms with van der Waals surface area (Å²) in [5.74, 6) is 2.01. The van der Waals surface area contributed by atoms with E-state index in [9.17, 15) is 9.59 Å². The van der Waals surface area contributed by atoms with Crippen LogP contribution in [-0.2, 0) is 35.6 Å². The predicted octanol–water partition coefficient (Wildman–Crippen LogP) is 8.72. The smallest absolute Gasteiger partial charge is 0.277 e. The average molecular weight is 880 g/mol. The molecule has 0 saturated heterocycles. The van der Waals surface area contributed by atoms with Gasteiger partial charge >= 0.3 is 0 Å². The van der Waals surface area contributed by atoms with Gasteiger partial charge in [-0.25, -0.2) is 4.98 Å². The van der Waals surface area contributed by atoms with E-state index in [1.165, 1.54) is 0 Å². The number of pyridine rings is 1. The van der Waals surface area contributed by atoms with Crippen LogP contribution in [0.1, 0.15) is 67.3 Å². The molecule has 4 aromatic carbocycles. The highest BCUT2D eigenvalue weighted by Gasteiger charge is 2.38. The van der Waals surface area contributed by atoms with E-state index in [1.54, 1.807) is 24.8 Å². The number of aliphatic hydroxyl groups excluding tert-OH is 1. The molecule has 8 rings (SSSR count). The Hall–Kier alpha value is -6.21. The van der Waals surface area contributed by atoms with Crippen LogP contribution in [0.3, 0.4) is 0 Å². The fraction of sp³-hybridized carbons (Fsp3) is 0.271. The van der Waals surface area contributed by atoms with E-state index in [1.807, 2.05) is 74.5 Å². The highest BCUT2D eigenvalue weighted by molar-refractivity contribution is 6.42. The van der Waals surface area contributed by atoms with Gasteiger partial charge in [0.1, 0.15) is 37.6 Å². The Morgan fingerprint density at radius 3 is 2.37 bits per heavy atom. The summed E-state index contributed by atoms with van der Waals surface area (Å²) in [4.78, 5) is 46.4. The van der Waals surface area contributed by atoms with Crippen LogP contribution in [0, 0.1) is 27.7 Å². The molecular formula is C48H48Cl2N4O8. The van der Waals surface area contributed by atoms with E-state index in [2.05, 4.69) is 46.5 Å². The number of benzene rings is 4. The third kappa shape index (κ3) is 10.1. The molecule has 0 aliphatic carbocycles. The third-order valence-corrected chi connectivity index (χ3v) is 11.7. The first-order valence-electron chi connectivity index (χ1n) is 19.9. The highest BCUT2D eigenvalue weighted by Crippen LogP contribution is 2.41. The zero-order chi connectivity index (χ0) is 44.5. The Bertz CT molecular complexity index is 2530. The molecule has 2 aliphatic heterocycles. The van der Waals surface area contributed by atoms with Crippen LogP contribution in [0.5, 0.6) is 17.2 Å². The molecule has 2 amide bonds. The van der Waals surface area contributed by atoms with Gasteiger partial charge in [0, 0.05) is 51.0 Å². The Balaban J connectivity index is 0.00000156. The number of ether oxygens (including phenoxy) is 3. The van der Waals surface area contributed by atoms with Gasteiger partial charge in [0.15, 0.2) is 29.2 Å². The minimum Gasteiger partial charge on any atom is -0.489 e. The molecule has 6 aromatic rings. The van der Waals surface area contributed by atoms with Gasteiger partial charge in [0.05, 0.1) is 10.0 Å². The summed E-state index contributed by atoms with van der Waals surface area (Å²) in [5, 5.41) is 11.1. The number of rotatable bonds is 10. The van der Waals surface area contributed by atoms with Crippen LogP contribution in [-0.4, -0.2) is 64.9 Å². The molecule has 2 unspecified atom stereocenters. The number of halogens is 2. The number of nitrogens with one attached hydrogen (secondary N) is 1. The summed E-state index contributed by atoms with van der Waals surface area (Å²) in [6.45, 7) is 10.7. The zero-order valence-electron chi connectivity index (χ0n) is 35.2. The molecule has 2 aromatic heterocycles. The van der Waals surface area contributed by atoms with Crippen molar-refractivity contribution in [1.29, 1.82) is 0 Å². The molecular weight excluding hydrogens is 831 g/mol. The molecule has 4 heterocycles. The van der Waals surface area contributed by atoms with Gasteiger partial charge in [-0.1, -0.05) is 71.7 Å². The minimum atomic E-state index is -0.775. The number of oxazole rings is 1. The van der Waals surface area contributed by atoms with E-state index in [0.717, 1.165) is 57.3 Å². The van der Waals surface area contributed by atoms with Crippen LogP contribution in [0.15, 0.2) is 95.5 Å². The maximum absolute atomic E-state index is 14.1. The van der Waals surface area contributed by atoms with Gasteiger partial charge in [-0.05, 0) is 103 Å². The lowest BCUT2D eigenvalue weighted by atomic mass is 9.92. The van der Waals surface area contributed by atoms with Crippen LogP contribution in [0.4, 0.5) is 0 Å². The summed E-state index contributed by atoms with van der Waals surface area (Å²) in [6.07, 6.45) is 2.38. The number of aryl methyl sites for hydroxylation is 3. The number of aliphatic hydroxyl groups is 1. The number of carbonyl (C=O) groups is 3. The number of amides is 2. The maximum atomic E-state index is 14.1. The number of aromatic nitrogens is 2. The lowest BCUT2D eigenvalue weighted by Gasteiger charge is -2.37. The van der Waals surface area contributed by atoms with Crippen molar-refractivity contribution in [2.75, 3.05) is 20.3 Å². The van der Waals surface area contributed by atoms with Crippen molar-refractivity contribution in [3.8, 4) is 28.4 Å². The van der Waals surface area contributed by atoms with Crippen molar-refractivity contribution in [3.05, 3.63) is 158 Å². The van der Waals surface area contributed by atoms with Crippen molar-refractivity contribution < 1.29 is 38.1 Å². The van der Waals surface area contributed by atoms with E-state index in [4.69, 9.17) is 51.7 Å². The first-order valence-corrected chi connectivity index (χ1v) is 20.7. The fourth-order valence-electron chi connectivity index (χ4n) is 7.48. The standard InChI is InChI=1S/C46H42Cl2N4O6.CH4O.CH2O/c1-26-27(2)49-19-17-37(26)31-10-8-30(9-11-31)16-18-50-45(53)39-20-34-21-40-41(22-35(34)23-52(39)46(54)44-28(3)57-29(4)51-44)58-42(25-56-40)32-12-14-36(15-13-32)55-24-33-6-5-7-38(47)43(33)48;2*1-2/h5-15,17,19,21-22,39,42H,16,18,20,23-25H2,1-4H3,(H,50,53);2H,1H3;1H2. The molecule has 62 heavy (non-hydrogen) atoms. The summed E-state index contributed by atoms with van der Waals surface area (Å²) in [6, 6.07) is 26.5. The second kappa shape index (κ2) is 20.6. The molecule has 2 aliphatic rings. The maximum Gasteiger partial charge on any atom is 0.277 e. The monoisotopic (exact) mass is 878 g/mol. The molecule has 0 fully saturated rings. The molecule has 12 nitrogen and oxygen atoms in total. The third-order valence-electron chi connectivity index (χ3n) is 10.8. The SMILES string of the molecule is C=O.CO.Cc1nc(C(=O)N2Cc3cc4c(cc3CC2C(=O)NCCc2ccc(-c3ccnc(C)c3C)cc2)OCC(c2ccc(OCc3cccc(Cl)c3Cl)cc2)O4)c(C)o1. The molecule has 0 spiro atoms. The summed E-state index contributed by atoms with van der Waals surface area (Å²) in [5.41, 5.74) is 9.20. The number of nitrogens with zero attached hydrogens (tertiary/aromatic N) is 3. The number of hydrogen-bond acceptors (Lipinski definition) is 10.